The van der Waals surface area contributed by atoms with Gasteiger partial charge in [0.1, 0.15) is 13.7 Å². The van der Waals surface area contributed by atoms with Crippen molar-refractivity contribution in [1.29, 1.82) is 0 Å². The lowest BCUT2D eigenvalue weighted by atomic mass is 10.0. The molecule has 6 nitrogen and oxygen atoms in total. The Labute approximate surface area is 178 Å². The summed E-state index contributed by atoms with van der Waals surface area (Å²) in [4.78, 5) is 22.5. The van der Waals surface area contributed by atoms with Gasteiger partial charge in [-0.15, -0.1) is 0 Å². The number of esters is 1. The third-order valence-electron chi connectivity index (χ3n) is 3.94. The Morgan fingerprint density at radius 1 is 1.07 bits per heavy atom. The van der Waals surface area contributed by atoms with Gasteiger partial charge in [-0.25, -0.2) is 4.79 Å². The Bertz CT molecular complexity index is 861. The molecule has 0 saturated heterocycles. The molecule has 0 fully saturated rings. The maximum atomic E-state index is 12.0. The fourth-order valence-corrected chi connectivity index (χ4v) is 2.99. The molecule has 0 saturated carbocycles. The summed E-state index contributed by atoms with van der Waals surface area (Å²) >= 11 is 2.31. The van der Waals surface area contributed by atoms with Gasteiger partial charge in [0.25, 0.3) is 0 Å². The molecule has 0 aliphatic carbocycles. The van der Waals surface area contributed by atoms with E-state index in [1.807, 2.05) is 43.3 Å². The summed E-state index contributed by atoms with van der Waals surface area (Å²) in [7, 11) is 2.68. The zero-order valence-electron chi connectivity index (χ0n) is 16.3. The molecule has 2 rings (SSSR count). The van der Waals surface area contributed by atoms with E-state index in [4.69, 9.17) is 14.4 Å². The summed E-state index contributed by atoms with van der Waals surface area (Å²) in [5.41, 5.74) is 4.44. The monoisotopic (exact) mass is 494 g/mol. The highest BCUT2D eigenvalue weighted by Gasteiger charge is 2.19. The highest BCUT2D eigenvalue weighted by atomic mass is 127. The number of ether oxygens (including phenoxy) is 1. The van der Waals surface area contributed by atoms with Crippen molar-refractivity contribution in [1.82, 2.24) is 0 Å². The number of aryl methyl sites for hydroxylation is 1. The minimum Gasteiger partial charge on any atom is -0.464 e. The summed E-state index contributed by atoms with van der Waals surface area (Å²) in [6.07, 6.45) is 0. The van der Waals surface area contributed by atoms with Gasteiger partial charge in [-0.2, -0.15) is 0 Å². The normalized spacial score (nSPS) is 13.0. The van der Waals surface area contributed by atoms with Gasteiger partial charge in [-0.3, -0.25) is 0 Å². The van der Waals surface area contributed by atoms with Gasteiger partial charge >= 0.3 is 5.97 Å². The minimum atomic E-state index is -0.584. The van der Waals surface area contributed by atoms with Crippen molar-refractivity contribution in [3.8, 4) is 0 Å². The molecule has 2 aromatic rings. The van der Waals surface area contributed by atoms with Gasteiger partial charge in [-0.1, -0.05) is 87.0 Å². The number of carbonyl (C=O) groups excluding carboxylic acids is 1. The second-order valence-electron chi connectivity index (χ2n) is 6.00. The molecule has 2 aromatic carbocycles. The van der Waals surface area contributed by atoms with E-state index in [2.05, 4.69) is 39.8 Å². The predicted octanol–water partition coefficient (Wildman–Crippen LogP) is 4.26. The number of nitrogens with zero attached hydrogens (tertiary/aromatic N) is 2. The van der Waals surface area contributed by atoms with Crippen LogP contribution < -0.4 is 0 Å². The maximum Gasteiger partial charge on any atom is 0.360 e. The molecule has 0 heterocycles. The van der Waals surface area contributed by atoms with Crippen LogP contribution in [0.1, 0.15) is 29.2 Å². The summed E-state index contributed by atoms with van der Waals surface area (Å²) in [6, 6.07) is 15.4. The molecule has 1 unspecified atom stereocenters. The molecule has 0 aliphatic rings. The van der Waals surface area contributed by atoms with E-state index in [9.17, 15) is 4.79 Å². The lowest BCUT2D eigenvalue weighted by Crippen LogP contribution is -2.19. The van der Waals surface area contributed by atoms with E-state index in [0.717, 1.165) is 16.8 Å². The van der Waals surface area contributed by atoms with Crippen LogP contribution in [0.25, 0.3) is 0 Å². The molecular weight excluding hydrogens is 471 g/mol. The van der Waals surface area contributed by atoms with Crippen LogP contribution in [-0.2, 0) is 25.8 Å². The van der Waals surface area contributed by atoms with Crippen molar-refractivity contribution in [3.63, 3.8) is 0 Å². The number of oxime groups is 2. The van der Waals surface area contributed by atoms with Crippen molar-refractivity contribution < 1.29 is 19.2 Å². The molecule has 148 valence electrons. The number of benzene rings is 2. The minimum absolute atomic E-state index is 0.0780. The summed E-state index contributed by atoms with van der Waals surface area (Å²) in [6.45, 7) is 4.27. The molecule has 0 N–H and O–H groups in total. The van der Waals surface area contributed by atoms with Crippen LogP contribution in [0.5, 0.6) is 0 Å². The first-order chi connectivity index (χ1) is 13.5. The first-order valence-corrected chi connectivity index (χ1v) is 9.91. The summed E-state index contributed by atoms with van der Waals surface area (Å²) < 4.78 is 4.96. The number of rotatable bonds is 8. The Morgan fingerprint density at radius 2 is 1.75 bits per heavy atom. The number of carbonyl (C=O) groups is 1. The highest BCUT2D eigenvalue weighted by Crippen LogP contribution is 2.16. The third-order valence-corrected chi connectivity index (χ3v) is 4.53. The average Bonchev–Trinajstić information content (AvgIpc) is 2.70. The maximum absolute atomic E-state index is 12.0. The number of hydrogen-bond acceptors (Lipinski definition) is 6. The molecule has 0 aliphatic heterocycles. The van der Waals surface area contributed by atoms with Gasteiger partial charge in [0.2, 0.25) is 0 Å². The SMILES string of the molecule is CO/N=C(/C(=O)OC)c1ccccc1CO/N=C(/c1ccc(C)cc1)C(C)I. The fourth-order valence-electron chi connectivity index (χ4n) is 2.51. The first-order valence-electron chi connectivity index (χ1n) is 8.66. The summed E-state index contributed by atoms with van der Waals surface area (Å²) in [5.74, 6) is -0.584. The summed E-state index contributed by atoms with van der Waals surface area (Å²) in [5, 5.41) is 8.15. The second-order valence-corrected chi connectivity index (χ2v) is 7.87. The van der Waals surface area contributed by atoms with Crippen LogP contribution in [0.15, 0.2) is 58.8 Å². The highest BCUT2D eigenvalue weighted by molar-refractivity contribution is 14.1. The molecule has 0 spiro atoms. The van der Waals surface area contributed by atoms with Crippen LogP contribution in [-0.4, -0.2) is 35.5 Å². The Balaban J connectivity index is 2.26. The van der Waals surface area contributed by atoms with Gasteiger partial charge < -0.3 is 14.4 Å². The van der Waals surface area contributed by atoms with Gasteiger partial charge in [-0.05, 0) is 13.8 Å². The fraction of sp³-hybridized carbons (Fsp3) is 0.286. The topological polar surface area (TPSA) is 69.5 Å². The first kappa shape index (κ1) is 21.9. The number of halogens is 1. The van der Waals surface area contributed by atoms with Crippen LogP contribution in [0.2, 0.25) is 0 Å². The quantitative estimate of drug-likeness (QED) is 0.181. The van der Waals surface area contributed by atoms with E-state index in [1.54, 1.807) is 12.1 Å². The molecule has 0 radical (unpaired) electrons. The molecule has 0 bridgehead atoms. The molecule has 28 heavy (non-hydrogen) atoms. The van der Waals surface area contributed by atoms with E-state index >= 15 is 0 Å². The molecular formula is C21H23IN2O4. The van der Waals surface area contributed by atoms with Crippen molar-refractivity contribution in [2.75, 3.05) is 14.2 Å². The van der Waals surface area contributed by atoms with Crippen molar-refractivity contribution in [2.45, 2.75) is 24.4 Å². The number of methoxy groups -OCH3 is 1. The Hall–Kier alpha value is -2.42. The van der Waals surface area contributed by atoms with Crippen LogP contribution in [0.4, 0.5) is 0 Å². The molecule has 1 atom stereocenters. The van der Waals surface area contributed by atoms with E-state index < -0.39 is 5.97 Å². The molecule has 0 amide bonds. The Morgan fingerprint density at radius 3 is 2.36 bits per heavy atom. The standard InChI is InChI=1S/C21H23IN2O4/c1-14-9-11-16(12-10-14)19(15(2)22)24-28-13-17-7-5-6-8-18(17)20(23-27-4)21(25)26-3/h5-12,15H,13H2,1-4H3/b23-20+,24-19+. The lowest BCUT2D eigenvalue weighted by Gasteiger charge is -2.12. The lowest BCUT2D eigenvalue weighted by molar-refractivity contribution is -0.132. The van der Waals surface area contributed by atoms with Gasteiger partial charge in [0, 0.05) is 16.7 Å². The van der Waals surface area contributed by atoms with Crippen molar-refractivity contribution in [3.05, 3.63) is 70.8 Å². The number of alkyl halides is 1. The van der Waals surface area contributed by atoms with Crippen LogP contribution in [0, 0.1) is 6.92 Å². The van der Waals surface area contributed by atoms with Crippen LogP contribution in [0.3, 0.4) is 0 Å². The molecule has 7 heteroatoms. The molecule has 0 aromatic heterocycles. The third kappa shape index (κ3) is 5.79. The predicted molar refractivity (Wildman–Crippen MR) is 118 cm³/mol. The second kappa shape index (κ2) is 10.8. The average molecular weight is 494 g/mol. The number of hydrogen-bond donors (Lipinski definition) is 0. The van der Waals surface area contributed by atoms with Crippen molar-refractivity contribution >= 4 is 40.0 Å². The van der Waals surface area contributed by atoms with Crippen molar-refractivity contribution in [2.24, 2.45) is 10.3 Å². The zero-order valence-corrected chi connectivity index (χ0v) is 18.5. The van der Waals surface area contributed by atoms with Gasteiger partial charge in [0.05, 0.1) is 16.7 Å². The van der Waals surface area contributed by atoms with E-state index in [0.29, 0.717) is 5.56 Å². The van der Waals surface area contributed by atoms with E-state index in [-0.39, 0.29) is 16.2 Å². The van der Waals surface area contributed by atoms with Crippen LogP contribution >= 0.6 is 22.6 Å². The zero-order chi connectivity index (χ0) is 20.5. The van der Waals surface area contributed by atoms with Gasteiger partial charge in [0.15, 0.2) is 5.71 Å². The van der Waals surface area contributed by atoms with E-state index in [1.165, 1.54) is 19.8 Å². The smallest absolute Gasteiger partial charge is 0.360 e. The largest absolute Gasteiger partial charge is 0.464 e. The Kier molecular flexibility index (Phi) is 8.43.